The van der Waals surface area contributed by atoms with E-state index in [9.17, 15) is 14.8 Å². The van der Waals surface area contributed by atoms with Gasteiger partial charge in [0.1, 0.15) is 6.07 Å². The maximum atomic E-state index is 14.8. The molecule has 5 rings (SSSR count). The third-order valence-corrected chi connectivity index (χ3v) is 4.93. The molecule has 0 atom stereocenters. The molecule has 0 saturated carbocycles. The van der Waals surface area contributed by atoms with Crippen molar-refractivity contribution in [2.24, 2.45) is 0 Å². The number of fused-ring (bicyclic) bond motifs is 2. The fourth-order valence-electron chi connectivity index (χ4n) is 3.67. The van der Waals surface area contributed by atoms with Gasteiger partial charge in [-0.3, -0.25) is 5.10 Å². The van der Waals surface area contributed by atoms with Gasteiger partial charge >= 0.3 is 0 Å². The van der Waals surface area contributed by atoms with E-state index in [1.54, 1.807) is 18.3 Å². The number of H-pyrrole nitrogens is 1. The number of rotatable bonds is 2. The predicted molar refractivity (Wildman–Crippen MR) is 97.2 cm³/mol. The number of phenols is 1. The van der Waals surface area contributed by atoms with Crippen molar-refractivity contribution in [2.45, 2.75) is 6.42 Å². The summed E-state index contributed by atoms with van der Waals surface area (Å²) in [5.41, 5.74) is 4.46. The summed E-state index contributed by atoms with van der Waals surface area (Å²) in [5.74, 6) is -0.826. The molecule has 6 heteroatoms. The number of furan rings is 1. The van der Waals surface area contributed by atoms with Crippen LogP contribution in [0.3, 0.4) is 0 Å². The smallest absolute Gasteiger partial charge is 0.173 e. The molecule has 1 aliphatic carbocycles. The van der Waals surface area contributed by atoms with Crippen LogP contribution in [0.2, 0.25) is 0 Å². The maximum Gasteiger partial charge on any atom is 0.173 e. The number of aromatic amines is 1. The monoisotopic (exact) mass is 357 g/mol. The molecule has 2 N–H and O–H groups in total. The van der Waals surface area contributed by atoms with Crippen molar-refractivity contribution in [3.8, 4) is 11.8 Å². The molecule has 0 amide bonds. The molecule has 0 unspecified atom stereocenters. The second-order valence-electron chi connectivity index (χ2n) is 6.41. The van der Waals surface area contributed by atoms with E-state index in [0.717, 1.165) is 27.6 Å². The summed E-state index contributed by atoms with van der Waals surface area (Å²) in [4.78, 5) is 0. The number of aromatic nitrogens is 2. The first kappa shape index (κ1) is 15.4. The van der Waals surface area contributed by atoms with Gasteiger partial charge in [0.2, 0.25) is 0 Å². The number of nitrogens with zero attached hydrogens (tertiary/aromatic N) is 2. The average molecular weight is 357 g/mol. The van der Waals surface area contributed by atoms with E-state index in [-0.39, 0.29) is 5.56 Å². The van der Waals surface area contributed by atoms with Gasteiger partial charge in [-0.2, -0.15) is 10.4 Å². The van der Waals surface area contributed by atoms with E-state index in [4.69, 9.17) is 4.42 Å². The Kier molecular flexibility index (Phi) is 3.18. The Hall–Kier alpha value is -3.85. The zero-order valence-electron chi connectivity index (χ0n) is 14.0. The van der Waals surface area contributed by atoms with E-state index in [1.807, 2.05) is 18.2 Å². The first-order valence-corrected chi connectivity index (χ1v) is 8.32. The molecule has 0 fully saturated rings. The van der Waals surface area contributed by atoms with Crippen molar-refractivity contribution < 1.29 is 13.9 Å². The minimum Gasteiger partial charge on any atom is -0.505 e. The van der Waals surface area contributed by atoms with E-state index >= 15 is 0 Å². The number of phenolic OH excluding ortho intramolecular Hbond substituents is 1. The quantitative estimate of drug-likeness (QED) is 0.557. The highest BCUT2D eigenvalue weighted by atomic mass is 19.1. The Labute approximate surface area is 153 Å². The lowest BCUT2D eigenvalue weighted by Crippen LogP contribution is -1.94. The van der Waals surface area contributed by atoms with Crippen molar-refractivity contribution in [3.05, 3.63) is 82.7 Å². The normalized spacial score (nSPS) is 13.2. The molecule has 0 radical (unpaired) electrons. The largest absolute Gasteiger partial charge is 0.505 e. The second kappa shape index (κ2) is 5.58. The number of halogens is 1. The summed E-state index contributed by atoms with van der Waals surface area (Å²) in [7, 11) is 0. The number of allylic oxidation sites excluding steroid dienone is 1. The van der Waals surface area contributed by atoms with Crippen molar-refractivity contribution in [2.75, 3.05) is 0 Å². The van der Waals surface area contributed by atoms with Gasteiger partial charge in [-0.15, -0.1) is 0 Å². The molecule has 5 nitrogen and oxygen atoms in total. The van der Waals surface area contributed by atoms with Gasteiger partial charge in [0.25, 0.3) is 0 Å². The minimum atomic E-state index is -0.706. The van der Waals surface area contributed by atoms with Crippen LogP contribution in [-0.2, 0) is 6.42 Å². The molecule has 2 aromatic heterocycles. The van der Waals surface area contributed by atoms with Gasteiger partial charge in [-0.1, -0.05) is 12.1 Å². The van der Waals surface area contributed by atoms with Crippen molar-refractivity contribution in [3.63, 3.8) is 0 Å². The Morgan fingerprint density at radius 3 is 2.96 bits per heavy atom. The van der Waals surface area contributed by atoms with E-state index < -0.39 is 11.6 Å². The molecule has 0 bridgehead atoms. The Morgan fingerprint density at radius 1 is 1.22 bits per heavy atom. The lowest BCUT2D eigenvalue weighted by molar-refractivity contribution is 0.431. The number of hydrogen-bond donors (Lipinski definition) is 2. The summed E-state index contributed by atoms with van der Waals surface area (Å²) in [6, 6.07) is 12.5. The number of nitrogens with one attached hydrogen (secondary N) is 1. The van der Waals surface area contributed by atoms with Crippen LogP contribution in [0.15, 0.2) is 53.3 Å². The first-order valence-electron chi connectivity index (χ1n) is 8.32. The van der Waals surface area contributed by atoms with Crippen LogP contribution in [0.4, 0.5) is 4.39 Å². The SMILES string of the molecule is N#Cc1ccoc1C1=C(c2ccc3[nH]ncc3c2)Cc2ccc(O)c(F)c21. The lowest BCUT2D eigenvalue weighted by atomic mass is 9.96. The molecule has 1 aliphatic rings. The number of nitriles is 1. The second-order valence-corrected chi connectivity index (χ2v) is 6.41. The third kappa shape index (κ3) is 2.19. The zero-order valence-corrected chi connectivity index (χ0v) is 14.0. The Morgan fingerprint density at radius 2 is 2.11 bits per heavy atom. The minimum absolute atomic E-state index is 0.281. The molecule has 4 aromatic rings. The first-order chi connectivity index (χ1) is 13.2. The Bertz CT molecular complexity index is 1290. The summed E-state index contributed by atoms with van der Waals surface area (Å²) in [5, 5.41) is 27.2. The van der Waals surface area contributed by atoms with E-state index in [1.165, 1.54) is 12.3 Å². The average Bonchev–Trinajstić information content (AvgIpc) is 3.40. The van der Waals surface area contributed by atoms with Crippen LogP contribution >= 0.6 is 0 Å². The molecule has 2 aromatic carbocycles. The molecule has 0 spiro atoms. The fraction of sp³-hybridized carbons (Fsp3) is 0.0476. The molecule has 0 saturated heterocycles. The molecule has 130 valence electrons. The summed E-state index contributed by atoms with van der Waals surface area (Å²) < 4.78 is 20.4. The topological polar surface area (TPSA) is 85.8 Å². The highest BCUT2D eigenvalue weighted by Crippen LogP contribution is 2.46. The van der Waals surface area contributed by atoms with Crippen LogP contribution in [0.5, 0.6) is 5.75 Å². The summed E-state index contributed by atoms with van der Waals surface area (Å²) >= 11 is 0. The fourth-order valence-corrected chi connectivity index (χ4v) is 3.67. The van der Waals surface area contributed by atoms with Gasteiger partial charge in [0.05, 0.1) is 23.5 Å². The van der Waals surface area contributed by atoms with Crippen LogP contribution in [0, 0.1) is 17.1 Å². The van der Waals surface area contributed by atoms with Crippen LogP contribution < -0.4 is 0 Å². The van der Waals surface area contributed by atoms with E-state index in [0.29, 0.717) is 23.3 Å². The Balaban J connectivity index is 1.83. The van der Waals surface area contributed by atoms with Crippen LogP contribution in [-0.4, -0.2) is 15.3 Å². The standard InChI is InChI=1S/C21H12FN3O2/c22-20-17(26)4-2-12-8-15(11-1-3-16-14(7-11)10-24-25-16)19(18(12)20)21-13(9-23)5-6-27-21/h1-7,10,26H,8H2,(H,24,25). The van der Waals surface area contributed by atoms with Crippen molar-refractivity contribution in [1.82, 2.24) is 10.2 Å². The summed E-state index contributed by atoms with van der Waals surface area (Å²) in [6.07, 6.45) is 3.61. The van der Waals surface area contributed by atoms with Gasteiger partial charge in [-0.05, 0) is 47.4 Å². The van der Waals surface area contributed by atoms with E-state index in [2.05, 4.69) is 16.3 Å². The van der Waals surface area contributed by atoms with Crippen molar-refractivity contribution in [1.29, 1.82) is 5.26 Å². The number of benzene rings is 2. The molecular formula is C21H12FN3O2. The lowest BCUT2D eigenvalue weighted by Gasteiger charge is -2.09. The molecule has 27 heavy (non-hydrogen) atoms. The maximum absolute atomic E-state index is 14.8. The molecule has 0 aliphatic heterocycles. The zero-order chi connectivity index (χ0) is 18.5. The predicted octanol–water partition coefficient (Wildman–Crippen LogP) is 4.39. The summed E-state index contributed by atoms with van der Waals surface area (Å²) in [6.45, 7) is 0. The van der Waals surface area contributed by atoms with Crippen LogP contribution in [0.25, 0.3) is 22.0 Å². The third-order valence-electron chi connectivity index (χ3n) is 4.93. The number of hydrogen-bond acceptors (Lipinski definition) is 4. The van der Waals surface area contributed by atoms with Gasteiger partial charge in [0, 0.05) is 16.5 Å². The van der Waals surface area contributed by atoms with Gasteiger partial charge < -0.3 is 9.52 Å². The highest BCUT2D eigenvalue weighted by molar-refractivity contribution is 6.04. The molecule has 2 heterocycles. The van der Waals surface area contributed by atoms with Crippen LogP contribution in [0.1, 0.15) is 28.0 Å². The van der Waals surface area contributed by atoms with Crippen molar-refractivity contribution >= 4 is 22.0 Å². The molecular weight excluding hydrogens is 345 g/mol. The van der Waals surface area contributed by atoms with Gasteiger partial charge in [-0.25, -0.2) is 4.39 Å². The highest BCUT2D eigenvalue weighted by Gasteiger charge is 2.31. The van der Waals surface area contributed by atoms with Gasteiger partial charge in [0.15, 0.2) is 17.3 Å². The number of aromatic hydroxyl groups is 1.